The van der Waals surface area contributed by atoms with Crippen LogP contribution in [0.1, 0.15) is 49.0 Å². The van der Waals surface area contributed by atoms with Gasteiger partial charge in [0, 0.05) is 29.3 Å². The molecule has 2 aromatic carbocycles. The summed E-state index contributed by atoms with van der Waals surface area (Å²) in [5.74, 6) is -60.0. The Labute approximate surface area is 334 Å². The predicted octanol–water partition coefficient (Wildman–Crippen LogP) is 10.3. The van der Waals surface area contributed by atoms with Gasteiger partial charge in [0.05, 0.1) is 45.6 Å². The number of methoxy groups -OCH3 is 3. The Bertz CT molecular complexity index is 1820. The van der Waals surface area contributed by atoms with Crippen molar-refractivity contribution < 1.29 is 103 Å². The Hall–Kier alpha value is -4.32. The summed E-state index contributed by atoms with van der Waals surface area (Å²) in [6.45, 7) is 1.64. The SMILES string of the molecule is COC(=O)[C@H](CC(C)C)N(Cc1c(OC)cc(OCCCC(F)(F)C(F)(F)C(F)(F)C(F)(F)C(F)(F)C(F)(F)C(F)(F)C(F)(F)F)cc1OC)C(=O)c1cc(Cl)ccc1N. The molecule has 0 fully saturated rings. The van der Waals surface area contributed by atoms with Crippen molar-refractivity contribution in [3.63, 3.8) is 0 Å². The van der Waals surface area contributed by atoms with Crippen LogP contribution in [0, 0.1) is 5.92 Å². The van der Waals surface area contributed by atoms with Gasteiger partial charge in [-0.25, -0.2) is 4.79 Å². The minimum atomic E-state index is -8.73. The molecule has 0 aliphatic heterocycles. The average Bonchev–Trinajstić information content (AvgIpc) is 3.13. The number of rotatable bonds is 20. The molecule has 0 heterocycles. The standard InChI is InChI=1S/C34H34ClF17N2O6/c1-16(2)11-22(26(56)59-5)54(25(55)19-12-17(35)7-8-21(19)53)15-20-23(57-3)13-18(14-24(20)58-4)60-10-6-9-27(36,37)28(38,39)29(40,41)30(42,43)31(44,45)32(46,47)33(48,49)34(50,51)52/h7-8,12-14,16,22H,6,9-11,15,53H2,1-5H3/t22-/m0/s1. The average molecular weight is 925 g/mol. The summed E-state index contributed by atoms with van der Waals surface area (Å²) < 4.78 is 252. The van der Waals surface area contributed by atoms with E-state index in [2.05, 4.69) is 0 Å². The fourth-order valence-corrected chi connectivity index (χ4v) is 5.50. The Balaban J connectivity index is 2.46. The third kappa shape index (κ3) is 9.43. The molecule has 0 aliphatic carbocycles. The molecule has 0 spiro atoms. The molecule has 2 aromatic rings. The molecule has 0 aliphatic rings. The van der Waals surface area contributed by atoms with Crippen LogP contribution in [0.3, 0.4) is 0 Å². The van der Waals surface area contributed by atoms with Gasteiger partial charge in [-0.3, -0.25) is 4.79 Å². The highest BCUT2D eigenvalue weighted by Crippen LogP contribution is 2.64. The van der Waals surface area contributed by atoms with Crippen molar-refractivity contribution in [2.24, 2.45) is 5.92 Å². The molecule has 2 N–H and O–H groups in total. The Morgan fingerprint density at radius 3 is 1.62 bits per heavy atom. The second-order valence-electron chi connectivity index (χ2n) is 13.2. The van der Waals surface area contributed by atoms with Crippen molar-refractivity contribution in [3.8, 4) is 17.2 Å². The van der Waals surface area contributed by atoms with Crippen molar-refractivity contribution in [2.75, 3.05) is 33.7 Å². The first-order chi connectivity index (χ1) is 27.1. The highest BCUT2D eigenvalue weighted by atomic mass is 35.5. The molecule has 0 aromatic heterocycles. The molecule has 0 saturated heterocycles. The van der Waals surface area contributed by atoms with E-state index < -0.39 is 97.3 Å². The van der Waals surface area contributed by atoms with Crippen LogP contribution < -0.4 is 19.9 Å². The summed E-state index contributed by atoms with van der Waals surface area (Å²) in [5.41, 5.74) is 5.77. The first-order valence-corrected chi connectivity index (χ1v) is 17.0. The molecule has 1 amide bonds. The van der Waals surface area contributed by atoms with Crippen molar-refractivity contribution in [3.05, 3.63) is 46.5 Å². The first-order valence-electron chi connectivity index (χ1n) is 16.6. The summed E-state index contributed by atoms with van der Waals surface area (Å²) >= 11 is 6.07. The van der Waals surface area contributed by atoms with Gasteiger partial charge in [0.2, 0.25) is 0 Å². The summed E-state index contributed by atoms with van der Waals surface area (Å²) in [6, 6.07) is 4.51. The van der Waals surface area contributed by atoms with E-state index in [1.807, 2.05) is 0 Å². The Kier molecular flexibility index (Phi) is 15.5. The van der Waals surface area contributed by atoms with Crippen LogP contribution >= 0.6 is 11.6 Å². The second kappa shape index (κ2) is 18.0. The van der Waals surface area contributed by atoms with Crippen LogP contribution in [0.2, 0.25) is 5.02 Å². The largest absolute Gasteiger partial charge is 0.496 e. The highest BCUT2D eigenvalue weighted by Gasteiger charge is 2.95. The molecular formula is C34H34ClF17N2O6. The van der Waals surface area contributed by atoms with Crippen molar-refractivity contribution in [1.29, 1.82) is 0 Å². The highest BCUT2D eigenvalue weighted by molar-refractivity contribution is 6.31. The van der Waals surface area contributed by atoms with E-state index in [-0.39, 0.29) is 45.7 Å². The third-order valence-electron chi connectivity index (χ3n) is 8.65. The molecule has 2 rings (SSSR count). The maximum atomic E-state index is 14.4. The van der Waals surface area contributed by atoms with Gasteiger partial charge >= 0.3 is 53.6 Å². The molecule has 0 bridgehead atoms. The number of hydrogen-bond acceptors (Lipinski definition) is 7. The number of benzene rings is 2. The number of carbonyl (C=O) groups is 2. The smallest absolute Gasteiger partial charge is 0.460 e. The van der Waals surface area contributed by atoms with Crippen LogP contribution in [0.4, 0.5) is 80.3 Å². The quantitative estimate of drug-likeness (QED) is 0.0611. The summed E-state index contributed by atoms with van der Waals surface area (Å²) in [4.78, 5) is 28.0. The number of nitrogen functional groups attached to an aromatic ring is 1. The number of anilines is 1. The van der Waals surface area contributed by atoms with Crippen LogP contribution in [0.15, 0.2) is 30.3 Å². The van der Waals surface area contributed by atoms with Crippen LogP contribution in [0.25, 0.3) is 0 Å². The fourth-order valence-electron chi connectivity index (χ4n) is 5.33. The molecule has 0 radical (unpaired) electrons. The van der Waals surface area contributed by atoms with E-state index >= 15 is 0 Å². The van der Waals surface area contributed by atoms with Crippen molar-refractivity contribution in [2.45, 2.75) is 93.3 Å². The van der Waals surface area contributed by atoms with Gasteiger partial charge in [-0.15, -0.1) is 0 Å². The van der Waals surface area contributed by atoms with Gasteiger partial charge in [0.1, 0.15) is 23.3 Å². The lowest BCUT2D eigenvalue weighted by Crippen LogP contribution is -2.74. The van der Waals surface area contributed by atoms with Crippen LogP contribution in [0.5, 0.6) is 17.2 Å². The minimum Gasteiger partial charge on any atom is -0.496 e. The van der Waals surface area contributed by atoms with E-state index in [1.165, 1.54) is 18.2 Å². The third-order valence-corrected chi connectivity index (χ3v) is 8.89. The van der Waals surface area contributed by atoms with E-state index in [4.69, 9.17) is 36.3 Å². The number of nitrogens with two attached hydrogens (primary N) is 1. The zero-order valence-corrected chi connectivity index (χ0v) is 32.1. The minimum absolute atomic E-state index is 0.0147. The maximum Gasteiger partial charge on any atom is 0.460 e. The summed E-state index contributed by atoms with van der Waals surface area (Å²) in [7, 11) is 3.15. The maximum absolute atomic E-state index is 14.4. The van der Waals surface area contributed by atoms with Crippen LogP contribution in [-0.4, -0.2) is 98.4 Å². The number of amides is 1. The van der Waals surface area contributed by atoms with E-state index in [9.17, 15) is 84.2 Å². The molecule has 0 saturated carbocycles. The molecule has 1 atom stereocenters. The summed E-state index contributed by atoms with van der Waals surface area (Å²) in [6.07, 6.45) is -12.1. The van der Waals surface area contributed by atoms with E-state index in [0.29, 0.717) is 0 Å². The Morgan fingerprint density at radius 1 is 0.717 bits per heavy atom. The first kappa shape index (κ1) is 51.8. The van der Waals surface area contributed by atoms with E-state index in [0.717, 1.165) is 38.4 Å². The number of nitrogens with zero attached hydrogens (tertiary/aromatic N) is 1. The summed E-state index contributed by atoms with van der Waals surface area (Å²) in [5, 5.41) is 0.0779. The lowest BCUT2D eigenvalue weighted by Gasteiger charge is -2.42. The van der Waals surface area contributed by atoms with Gasteiger partial charge < -0.3 is 29.6 Å². The number of carbonyl (C=O) groups excluding carboxylic acids is 2. The van der Waals surface area contributed by atoms with E-state index in [1.54, 1.807) is 13.8 Å². The van der Waals surface area contributed by atoms with Crippen LogP contribution in [-0.2, 0) is 16.1 Å². The van der Waals surface area contributed by atoms with Crippen molar-refractivity contribution >= 4 is 29.2 Å². The van der Waals surface area contributed by atoms with Gasteiger partial charge in [-0.05, 0) is 37.0 Å². The fraction of sp³-hybridized carbons (Fsp3) is 0.588. The zero-order chi connectivity index (χ0) is 46.8. The van der Waals surface area contributed by atoms with Gasteiger partial charge in [0.25, 0.3) is 5.91 Å². The topological polar surface area (TPSA) is 100 Å². The number of ether oxygens (including phenoxy) is 4. The zero-order valence-electron chi connectivity index (χ0n) is 31.4. The van der Waals surface area contributed by atoms with Gasteiger partial charge in [-0.1, -0.05) is 25.4 Å². The number of hydrogen-bond donors (Lipinski definition) is 1. The Morgan fingerprint density at radius 2 is 1.18 bits per heavy atom. The lowest BCUT2D eigenvalue weighted by molar-refractivity contribution is -0.461. The molecule has 0 unspecified atom stereocenters. The number of halogens is 18. The lowest BCUT2D eigenvalue weighted by atomic mass is 9.88. The number of esters is 1. The molecule has 60 heavy (non-hydrogen) atoms. The normalized spacial score (nSPS) is 14.2. The van der Waals surface area contributed by atoms with Gasteiger partial charge in [0.15, 0.2) is 0 Å². The molecule has 342 valence electrons. The second-order valence-corrected chi connectivity index (χ2v) is 13.7. The molecular weight excluding hydrogens is 891 g/mol. The van der Waals surface area contributed by atoms with Crippen molar-refractivity contribution in [1.82, 2.24) is 4.90 Å². The predicted molar refractivity (Wildman–Crippen MR) is 176 cm³/mol. The monoisotopic (exact) mass is 924 g/mol. The molecule has 26 heteroatoms. The molecule has 8 nitrogen and oxygen atoms in total. The number of alkyl halides is 17. The van der Waals surface area contributed by atoms with Gasteiger partial charge in [-0.2, -0.15) is 74.6 Å².